The molecule has 0 bridgehead atoms. The lowest BCUT2D eigenvalue weighted by Gasteiger charge is -2.35. The van der Waals surface area contributed by atoms with E-state index in [4.69, 9.17) is 14.0 Å². The van der Waals surface area contributed by atoms with Crippen molar-refractivity contribution < 1.29 is 36.4 Å². The number of aromatic nitrogens is 3. The van der Waals surface area contributed by atoms with Gasteiger partial charge in [0.15, 0.2) is 17.6 Å². The third kappa shape index (κ3) is 4.15. The van der Waals surface area contributed by atoms with Gasteiger partial charge in [0.05, 0.1) is 18.8 Å². The molecule has 0 aromatic carbocycles. The van der Waals surface area contributed by atoms with Gasteiger partial charge in [-0.1, -0.05) is 5.16 Å². The lowest BCUT2D eigenvalue weighted by atomic mass is 9.93. The molecule has 1 aliphatic heterocycles. The first-order valence-electron chi connectivity index (χ1n) is 10.1. The molecule has 1 aliphatic carbocycles. The Morgan fingerprint density at radius 2 is 2.03 bits per heavy atom. The average Bonchev–Trinajstić information content (AvgIpc) is 3.46. The SMILES string of the molecule is Cc1nc([C@@](C)(NC(=O)c2cc(O[C@@H](C)C(F)(F)F)c(C3(F)COC3)cn2)C2CC2)no1. The van der Waals surface area contributed by atoms with E-state index in [1.54, 1.807) is 13.8 Å². The predicted molar refractivity (Wildman–Crippen MR) is 101 cm³/mol. The van der Waals surface area contributed by atoms with Crippen LogP contribution in [0, 0.1) is 12.8 Å². The second kappa shape index (κ2) is 7.68. The summed E-state index contributed by atoms with van der Waals surface area (Å²) in [5.41, 5.74) is -3.42. The fourth-order valence-electron chi connectivity index (χ4n) is 3.50. The maximum atomic E-state index is 14.9. The Kier molecular flexibility index (Phi) is 5.38. The minimum atomic E-state index is -4.68. The lowest BCUT2D eigenvalue weighted by molar-refractivity contribution is -0.190. The van der Waals surface area contributed by atoms with Gasteiger partial charge in [0.1, 0.15) is 17.0 Å². The highest BCUT2D eigenvalue weighted by Crippen LogP contribution is 2.45. The summed E-state index contributed by atoms with van der Waals surface area (Å²) >= 11 is 0. The molecule has 3 heterocycles. The molecule has 174 valence electrons. The number of rotatable bonds is 7. The van der Waals surface area contributed by atoms with Crippen LogP contribution in [0.15, 0.2) is 16.8 Å². The van der Waals surface area contributed by atoms with Gasteiger partial charge in [-0.3, -0.25) is 9.78 Å². The Labute approximate surface area is 180 Å². The first-order valence-corrected chi connectivity index (χ1v) is 10.1. The summed E-state index contributed by atoms with van der Waals surface area (Å²) in [6, 6.07) is 1.02. The number of ether oxygens (including phenoxy) is 2. The van der Waals surface area contributed by atoms with E-state index in [9.17, 15) is 22.4 Å². The number of hydrogen-bond acceptors (Lipinski definition) is 7. The number of nitrogens with zero attached hydrogens (tertiary/aromatic N) is 3. The van der Waals surface area contributed by atoms with Crippen LogP contribution >= 0.6 is 0 Å². The molecular weight excluding hydrogens is 436 g/mol. The van der Waals surface area contributed by atoms with Crippen LogP contribution in [0.3, 0.4) is 0 Å². The predicted octanol–water partition coefficient (Wildman–Crippen LogP) is 3.35. The van der Waals surface area contributed by atoms with Crippen LogP contribution in [0.2, 0.25) is 0 Å². The number of amides is 1. The van der Waals surface area contributed by atoms with Crippen LogP contribution in [0.1, 0.15) is 54.5 Å². The monoisotopic (exact) mass is 458 g/mol. The number of carbonyl (C=O) groups excluding carboxylic acids is 1. The van der Waals surface area contributed by atoms with Gasteiger partial charge in [-0.25, -0.2) is 4.39 Å². The fourth-order valence-corrected chi connectivity index (χ4v) is 3.50. The molecule has 1 N–H and O–H groups in total. The number of nitrogens with one attached hydrogen (secondary N) is 1. The van der Waals surface area contributed by atoms with E-state index < -0.39 is 35.1 Å². The van der Waals surface area contributed by atoms with Crippen molar-refractivity contribution in [2.75, 3.05) is 13.2 Å². The van der Waals surface area contributed by atoms with E-state index >= 15 is 0 Å². The van der Waals surface area contributed by atoms with Gasteiger partial charge < -0.3 is 19.3 Å². The van der Waals surface area contributed by atoms with Gasteiger partial charge in [-0.2, -0.15) is 18.2 Å². The van der Waals surface area contributed by atoms with Crippen molar-refractivity contribution in [3.05, 3.63) is 35.2 Å². The topological polar surface area (TPSA) is 99.4 Å². The molecule has 2 aromatic heterocycles. The van der Waals surface area contributed by atoms with Gasteiger partial charge in [-0.05, 0) is 32.6 Å². The highest BCUT2D eigenvalue weighted by molar-refractivity contribution is 5.93. The summed E-state index contributed by atoms with van der Waals surface area (Å²) in [5.74, 6) is -0.416. The standard InChI is InChI=1S/C20H22F4N4O4/c1-10(20(22,23)24)31-15-6-14(25-7-13(15)19(21)8-30-9-19)16(29)27-18(3,12-4-5-12)17-26-11(2)32-28-17/h6-7,10,12H,4-5,8-9H2,1-3H3,(H,27,29)/t10-,18-/m0/s1. The number of pyridine rings is 1. The Morgan fingerprint density at radius 3 is 2.53 bits per heavy atom. The van der Waals surface area contributed by atoms with Gasteiger partial charge in [0, 0.05) is 19.2 Å². The second-order valence-corrected chi connectivity index (χ2v) is 8.39. The van der Waals surface area contributed by atoms with Crippen LogP contribution < -0.4 is 10.1 Å². The Balaban J connectivity index is 1.64. The van der Waals surface area contributed by atoms with E-state index in [-0.39, 0.29) is 30.4 Å². The average molecular weight is 458 g/mol. The smallest absolute Gasteiger partial charge is 0.425 e. The van der Waals surface area contributed by atoms with E-state index in [0.29, 0.717) is 11.7 Å². The van der Waals surface area contributed by atoms with Crippen molar-refractivity contribution in [1.29, 1.82) is 0 Å². The normalized spacial score (nSPS) is 20.7. The molecule has 32 heavy (non-hydrogen) atoms. The Morgan fingerprint density at radius 1 is 1.34 bits per heavy atom. The van der Waals surface area contributed by atoms with E-state index in [0.717, 1.165) is 32.0 Å². The molecule has 2 atom stereocenters. The van der Waals surface area contributed by atoms with Crippen molar-refractivity contribution in [2.45, 2.75) is 57.1 Å². The molecule has 0 unspecified atom stereocenters. The van der Waals surface area contributed by atoms with E-state index in [1.807, 2.05) is 0 Å². The van der Waals surface area contributed by atoms with Gasteiger partial charge in [-0.15, -0.1) is 0 Å². The summed E-state index contributed by atoms with van der Waals surface area (Å²) in [6.45, 7) is 3.48. The van der Waals surface area contributed by atoms with Crippen molar-refractivity contribution in [3.8, 4) is 5.75 Å². The number of aryl methyl sites for hydroxylation is 1. The number of hydrogen-bond donors (Lipinski definition) is 1. The molecule has 2 aromatic rings. The Hall–Kier alpha value is -2.76. The molecule has 1 saturated carbocycles. The number of halogens is 4. The molecular formula is C20H22F4N4O4. The van der Waals surface area contributed by atoms with Gasteiger partial charge in [0.2, 0.25) is 5.89 Å². The third-order valence-electron chi connectivity index (χ3n) is 5.77. The third-order valence-corrected chi connectivity index (χ3v) is 5.77. The molecule has 1 amide bonds. The largest absolute Gasteiger partial charge is 0.481 e. The van der Waals surface area contributed by atoms with Crippen LogP contribution in [0.4, 0.5) is 17.6 Å². The minimum Gasteiger partial charge on any atom is -0.481 e. The van der Waals surface area contributed by atoms with E-state index in [2.05, 4.69) is 20.4 Å². The van der Waals surface area contributed by atoms with Crippen molar-refractivity contribution >= 4 is 5.91 Å². The van der Waals surface area contributed by atoms with Gasteiger partial charge >= 0.3 is 6.18 Å². The summed E-state index contributed by atoms with van der Waals surface area (Å²) in [5, 5.41) is 6.73. The van der Waals surface area contributed by atoms with E-state index in [1.165, 1.54) is 0 Å². The zero-order chi connectivity index (χ0) is 23.3. The van der Waals surface area contributed by atoms with Crippen molar-refractivity contribution in [1.82, 2.24) is 20.4 Å². The molecule has 1 saturated heterocycles. The quantitative estimate of drug-likeness (QED) is 0.636. The minimum absolute atomic E-state index is 0.0601. The molecule has 2 aliphatic rings. The fraction of sp³-hybridized carbons (Fsp3) is 0.600. The van der Waals surface area contributed by atoms with Crippen LogP contribution in [-0.4, -0.2) is 46.5 Å². The summed E-state index contributed by atoms with van der Waals surface area (Å²) < 4.78 is 69.0. The summed E-state index contributed by atoms with van der Waals surface area (Å²) in [4.78, 5) is 21.2. The molecule has 2 fully saturated rings. The highest BCUT2D eigenvalue weighted by atomic mass is 19.4. The molecule has 0 radical (unpaired) electrons. The first-order chi connectivity index (χ1) is 14.9. The van der Waals surface area contributed by atoms with Crippen LogP contribution in [0.25, 0.3) is 0 Å². The van der Waals surface area contributed by atoms with Crippen LogP contribution in [0.5, 0.6) is 5.75 Å². The van der Waals surface area contributed by atoms with Crippen molar-refractivity contribution in [2.24, 2.45) is 5.92 Å². The second-order valence-electron chi connectivity index (χ2n) is 8.39. The molecule has 0 spiro atoms. The van der Waals surface area contributed by atoms with Crippen LogP contribution in [-0.2, 0) is 15.9 Å². The highest BCUT2D eigenvalue weighted by Gasteiger charge is 2.48. The summed E-state index contributed by atoms with van der Waals surface area (Å²) in [6.07, 6.45) is -4.22. The zero-order valence-electron chi connectivity index (χ0n) is 17.6. The van der Waals surface area contributed by atoms with Crippen molar-refractivity contribution in [3.63, 3.8) is 0 Å². The maximum Gasteiger partial charge on any atom is 0.425 e. The number of carbonyl (C=O) groups is 1. The first kappa shape index (κ1) is 22.4. The molecule has 12 heteroatoms. The maximum absolute atomic E-state index is 14.9. The van der Waals surface area contributed by atoms with Gasteiger partial charge in [0.25, 0.3) is 5.91 Å². The zero-order valence-corrected chi connectivity index (χ0v) is 17.6. The molecule has 8 nitrogen and oxygen atoms in total. The lowest BCUT2D eigenvalue weighted by Crippen LogP contribution is -2.46. The summed E-state index contributed by atoms with van der Waals surface area (Å²) in [7, 11) is 0. The molecule has 4 rings (SSSR count). The number of alkyl halides is 4. The Bertz CT molecular complexity index is 1020.